The van der Waals surface area contributed by atoms with Crippen molar-refractivity contribution in [2.75, 3.05) is 20.8 Å². The Morgan fingerprint density at radius 3 is 2.45 bits per heavy atom. The molecule has 0 aliphatic carbocycles. The maximum absolute atomic E-state index is 12.2. The van der Waals surface area contributed by atoms with Gasteiger partial charge in [-0.15, -0.1) is 6.58 Å². The first-order valence-corrected chi connectivity index (χ1v) is 7.42. The van der Waals surface area contributed by atoms with Gasteiger partial charge in [-0.25, -0.2) is 0 Å². The number of hydrogen-bond acceptors (Lipinski definition) is 5. The van der Waals surface area contributed by atoms with Crippen LogP contribution < -0.4 is 9.47 Å². The highest BCUT2D eigenvalue weighted by atomic mass is 32.2. The lowest BCUT2D eigenvalue weighted by Gasteiger charge is -2.11. The molecule has 1 aromatic carbocycles. The minimum atomic E-state index is -0.302. The first kappa shape index (κ1) is 16.2. The molecular weight excluding hydrogens is 302 g/mol. The number of methoxy groups -OCH3 is 2. The molecule has 2 amide bonds. The molecule has 116 valence electrons. The van der Waals surface area contributed by atoms with Crippen LogP contribution in [0, 0.1) is 6.92 Å². The number of nitrogens with zero attached hydrogens (tertiary/aromatic N) is 1. The van der Waals surface area contributed by atoms with E-state index in [2.05, 4.69) is 6.58 Å². The third-order valence-corrected chi connectivity index (χ3v) is 4.15. The van der Waals surface area contributed by atoms with Gasteiger partial charge in [-0.3, -0.25) is 14.5 Å². The van der Waals surface area contributed by atoms with Crippen LogP contribution in [0.3, 0.4) is 0 Å². The van der Waals surface area contributed by atoms with Crippen molar-refractivity contribution in [1.82, 2.24) is 4.90 Å². The maximum Gasteiger partial charge on any atom is 0.293 e. The number of carbonyl (C=O) groups excluding carboxylic acids is 2. The van der Waals surface area contributed by atoms with E-state index in [9.17, 15) is 9.59 Å². The second kappa shape index (κ2) is 6.70. The molecule has 0 radical (unpaired) electrons. The van der Waals surface area contributed by atoms with Crippen molar-refractivity contribution >= 4 is 29.0 Å². The van der Waals surface area contributed by atoms with Gasteiger partial charge < -0.3 is 9.47 Å². The van der Waals surface area contributed by atoms with E-state index in [0.29, 0.717) is 16.4 Å². The summed E-state index contributed by atoms with van der Waals surface area (Å²) in [5, 5.41) is -0.283. The third-order valence-electron chi connectivity index (χ3n) is 3.24. The number of thioether (sulfide) groups is 1. The van der Waals surface area contributed by atoms with Gasteiger partial charge in [0.15, 0.2) is 11.5 Å². The number of rotatable bonds is 5. The standard InChI is InChI=1S/C16H17NO4S/c1-5-6-17-15(18)14(22-16(17)19)9-11-8-13(21-4)12(20-3)7-10(11)2/h5,7-9H,1,6H2,2-4H3/b14-9-. The van der Waals surface area contributed by atoms with Gasteiger partial charge in [0.25, 0.3) is 11.1 Å². The summed E-state index contributed by atoms with van der Waals surface area (Å²) in [7, 11) is 3.12. The highest BCUT2D eigenvalue weighted by molar-refractivity contribution is 8.18. The molecule has 6 heteroatoms. The highest BCUT2D eigenvalue weighted by Crippen LogP contribution is 2.35. The van der Waals surface area contributed by atoms with Gasteiger partial charge in [-0.05, 0) is 48.0 Å². The number of aryl methyl sites for hydroxylation is 1. The Kier molecular flexibility index (Phi) is 4.92. The molecule has 22 heavy (non-hydrogen) atoms. The minimum absolute atomic E-state index is 0.215. The van der Waals surface area contributed by atoms with E-state index in [1.54, 1.807) is 26.4 Å². The average Bonchev–Trinajstić information content (AvgIpc) is 2.76. The molecule has 1 aromatic rings. The number of benzene rings is 1. The molecule has 0 saturated carbocycles. The molecule has 1 heterocycles. The topological polar surface area (TPSA) is 55.8 Å². The number of amides is 2. The molecular formula is C16H17NO4S. The molecule has 1 aliphatic heterocycles. The monoisotopic (exact) mass is 319 g/mol. The van der Waals surface area contributed by atoms with Crippen LogP contribution in [0.5, 0.6) is 11.5 Å². The third kappa shape index (κ3) is 3.01. The Morgan fingerprint density at radius 1 is 1.23 bits per heavy atom. The average molecular weight is 319 g/mol. The molecule has 0 N–H and O–H groups in total. The molecule has 1 fully saturated rings. The second-order valence-electron chi connectivity index (χ2n) is 4.64. The lowest BCUT2D eigenvalue weighted by atomic mass is 10.1. The Hall–Kier alpha value is -2.21. The zero-order valence-corrected chi connectivity index (χ0v) is 13.5. The Bertz CT molecular complexity index is 666. The van der Waals surface area contributed by atoms with Crippen LogP contribution >= 0.6 is 11.8 Å². The van der Waals surface area contributed by atoms with Gasteiger partial charge in [-0.2, -0.15) is 0 Å². The van der Waals surface area contributed by atoms with E-state index in [1.807, 2.05) is 13.0 Å². The van der Waals surface area contributed by atoms with Crippen molar-refractivity contribution in [2.45, 2.75) is 6.92 Å². The first-order chi connectivity index (χ1) is 10.5. The molecule has 0 aromatic heterocycles. The van der Waals surface area contributed by atoms with Crippen LogP contribution in [0.25, 0.3) is 6.08 Å². The summed E-state index contributed by atoms with van der Waals surface area (Å²) in [5.74, 6) is 0.894. The van der Waals surface area contributed by atoms with Crippen molar-refractivity contribution in [3.63, 3.8) is 0 Å². The van der Waals surface area contributed by atoms with Crippen LogP contribution in [-0.2, 0) is 4.79 Å². The van der Waals surface area contributed by atoms with Crippen molar-refractivity contribution in [1.29, 1.82) is 0 Å². The van der Waals surface area contributed by atoms with Crippen LogP contribution in [-0.4, -0.2) is 36.8 Å². The van der Waals surface area contributed by atoms with Crippen LogP contribution in [0.15, 0.2) is 29.7 Å². The van der Waals surface area contributed by atoms with Crippen molar-refractivity contribution in [3.8, 4) is 11.5 Å². The normalized spacial score (nSPS) is 16.3. The van der Waals surface area contributed by atoms with E-state index in [0.717, 1.165) is 22.9 Å². The van der Waals surface area contributed by atoms with Gasteiger partial charge in [0.05, 0.1) is 19.1 Å². The summed E-state index contributed by atoms with van der Waals surface area (Å²) < 4.78 is 10.5. The summed E-state index contributed by atoms with van der Waals surface area (Å²) in [4.78, 5) is 25.6. The van der Waals surface area contributed by atoms with E-state index in [-0.39, 0.29) is 17.7 Å². The summed E-state index contributed by atoms with van der Waals surface area (Å²) in [6.45, 7) is 5.67. The molecule has 0 unspecified atom stereocenters. The van der Waals surface area contributed by atoms with E-state index >= 15 is 0 Å². The van der Waals surface area contributed by atoms with Crippen molar-refractivity contribution in [2.24, 2.45) is 0 Å². The smallest absolute Gasteiger partial charge is 0.293 e. The first-order valence-electron chi connectivity index (χ1n) is 6.60. The Labute approximate surface area is 133 Å². The fourth-order valence-electron chi connectivity index (χ4n) is 2.08. The van der Waals surface area contributed by atoms with E-state index < -0.39 is 0 Å². The number of imide groups is 1. The van der Waals surface area contributed by atoms with E-state index in [4.69, 9.17) is 9.47 Å². The fourth-order valence-corrected chi connectivity index (χ4v) is 2.92. The molecule has 0 atom stereocenters. The lowest BCUT2D eigenvalue weighted by Crippen LogP contribution is -2.27. The van der Waals surface area contributed by atoms with Crippen molar-refractivity contribution < 1.29 is 19.1 Å². The molecule has 0 bridgehead atoms. The fraction of sp³-hybridized carbons (Fsp3) is 0.250. The summed E-state index contributed by atoms with van der Waals surface area (Å²) in [6, 6.07) is 3.62. The molecule has 1 saturated heterocycles. The maximum atomic E-state index is 12.2. The minimum Gasteiger partial charge on any atom is -0.493 e. The van der Waals surface area contributed by atoms with Gasteiger partial charge in [0, 0.05) is 6.54 Å². The van der Waals surface area contributed by atoms with Crippen LogP contribution in [0.1, 0.15) is 11.1 Å². The zero-order valence-electron chi connectivity index (χ0n) is 12.7. The lowest BCUT2D eigenvalue weighted by molar-refractivity contribution is -0.122. The van der Waals surface area contributed by atoms with Crippen molar-refractivity contribution in [3.05, 3.63) is 40.8 Å². The Balaban J connectivity index is 2.39. The predicted octanol–water partition coefficient (Wildman–Crippen LogP) is 3.23. The SMILES string of the molecule is C=CCN1C(=O)S/C(=C\c2cc(OC)c(OC)cc2C)C1=O. The van der Waals surface area contributed by atoms with Crippen LogP contribution in [0.4, 0.5) is 4.79 Å². The zero-order chi connectivity index (χ0) is 16.3. The summed E-state index contributed by atoms with van der Waals surface area (Å²) in [6.07, 6.45) is 3.23. The van der Waals surface area contributed by atoms with Gasteiger partial charge >= 0.3 is 0 Å². The highest BCUT2D eigenvalue weighted by Gasteiger charge is 2.34. The second-order valence-corrected chi connectivity index (χ2v) is 5.64. The predicted molar refractivity (Wildman–Crippen MR) is 87.2 cm³/mol. The quantitative estimate of drug-likeness (QED) is 0.616. The number of carbonyl (C=O) groups is 2. The number of hydrogen-bond donors (Lipinski definition) is 0. The van der Waals surface area contributed by atoms with Crippen LogP contribution in [0.2, 0.25) is 0 Å². The Morgan fingerprint density at radius 2 is 1.86 bits per heavy atom. The van der Waals surface area contributed by atoms with Gasteiger partial charge in [0.2, 0.25) is 0 Å². The van der Waals surface area contributed by atoms with Gasteiger partial charge in [-0.1, -0.05) is 6.08 Å². The summed E-state index contributed by atoms with van der Waals surface area (Å²) >= 11 is 0.927. The molecule has 0 spiro atoms. The number of ether oxygens (including phenoxy) is 2. The van der Waals surface area contributed by atoms with Gasteiger partial charge in [0.1, 0.15) is 0 Å². The molecule has 2 rings (SSSR count). The largest absolute Gasteiger partial charge is 0.493 e. The van der Waals surface area contributed by atoms with E-state index in [1.165, 1.54) is 11.0 Å². The molecule has 1 aliphatic rings. The summed E-state index contributed by atoms with van der Waals surface area (Å²) in [5.41, 5.74) is 1.73. The molecule has 5 nitrogen and oxygen atoms in total.